The first-order valence-corrected chi connectivity index (χ1v) is 8.81. The molecular formula is C23H16N2O2. The van der Waals surface area contributed by atoms with Gasteiger partial charge in [-0.05, 0) is 23.8 Å². The summed E-state index contributed by atoms with van der Waals surface area (Å²) >= 11 is 0. The Bertz CT molecular complexity index is 1220. The molecule has 0 radical (unpaired) electrons. The largest absolute Gasteiger partial charge is 0.494 e. The number of nitrogens with zero attached hydrogens (tertiary/aromatic N) is 2. The van der Waals surface area contributed by atoms with Gasteiger partial charge in [-0.2, -0.15) is 0 Å². The molecule has 27 heavy (non-hydrogen) atoms. The van der Waals surface area contributed by atoms with Crippen LogP contribution in [0.2, 0.25) is 0 Å². The molecule has 4 nitrogen and oxygen atoms in total. The van der Waals surface area contributed by atoms with E-state index in [0.29, 0.717) is 29.1 Å². The molecular weight excluding hydrogens is 336 g/mol. The summed E-state index contributed by atoms with van der Waals surface area (Å²) in [4.78, 5) is 17.4. The monoisotopic (exact) mass is 352 g/mol. The molecule has 130 valence electrons. The first-order valence-electron chi connectivity index (χ1n) is 8.81. The van der Waals surface area contributed by atoms with E-state index in [1.807, 2.05) is 77.4 Å². The summed E-state index contributed by atoms with van der Waals surface area (Å²) in [5, 5.41) is 11.9. The molecule has 0 spiro atoms. The first-order chi connectivity index (χ1) is 13.2. The third-order valence-electron chi connectivity index (χ3n) is 4.96. The number of rotatable bonds is 3. The standard InChI is InChI=1S/C23H16N2O2/c26-22-16-10-4-6-12-18(16)24-21(22)20-17-11-5-7-13-19(17)25(23(20)27)14-15-8-2-1-3-9-15/h1-13,27H,14H2. The van der Waals surface area contributed by atoms with Crippen molar-refractivity contribution in [3.63, 3.8) is 0 Å². The molecule has 5 rings (SSSR count). The van der Waals surface area contributed by atoms with Crippen LogP contribution in [-0.4, -0.2) is 21.2 Å². The molecule has 0 bridgehead atoms. The first kappa shape index (κ1) is 15.6. The van der Waals surface area contributed by atoms with Gasteiger partial charge < -0.3 is 9.67 Å². The van der Waals surface area contributed by atoms with E-state index in [-0.39, 0.29) is 11.7 Å². The van der Waals surface area contributed by atoms with Crippen LogP contribution in [0.5, 0.6) is 5.88 Å². The lowest BCUT2D eigenvalue weighted by atomic mass is 10.0. The molecule has 1 aliphatic rings. The summed E-state index contributed by atoms with van der Waals surface area (Å²) in [5.41, 5.74) is 3.98. The van der Waals surface area contributed by atoms with E-state index in [2.05, 4.69) is 4.99 Å². The van der Waals surface area contributed by atoms with E-state index >= 15 is 0 Å². The fourth-order valence-corrected chi connectivity index (χ4v) is 3.68. The number of ketones is 1. The molecule has 4 aromatic rings. The molecule has 0 amide bonds. The number of aliphatic imine (C=N–C) groups is 1. The summed E-state index contributed by atoms with van der Waals surface area (Å²) in [6.45, 7) is 0.515. The number of Topliss-reactive ketones (excluding diaryl/α,β-unsaturated/α-hetero) is 1. The van der Waals surface area contributed by atoms with Gasteiger partial charge in [0.05, 0.1) is 23.3 Å². The maximum atomic E-state index is 12.9. The number of aromatic hydroxyl groups is 1. The number of benzene rings is 3. The third-order valence-corrected chi connectivity index (χ3v) is 4.96. The van der Waals surface area contributed by atoms with Crippen LogP contribution in [0, 0.1) is 0 Å². The van der Waals surface area contributed by atoms with Crippen molar-refractivity contribution in [2.45, 2.75) is 6.54 Å². The number of carbonyl (C=O) groups is 1. The lowest BCUT2D eigenvalue weighted by Crippen LogP contribution is -2.11. The van der Waals surface area contributed by atoms with Gasteiger partial charge in [0, 0.05) is 10.9 Å². The molecule has 0 saturated carbocycles. The van der Waals surface area contributed by atoms with Gasteiger partial charge >= 0.3 is 0 Å². The molecule has 1 N–H and O–H groups in total. The number of hydrogen-bond donors (Lipinski definition) is 1. The summed E-state index contributed by atoms with van der Waals surface area (Å²) in [6.07, 6.45) is 0. The molecule has 1 aliphatic heterocycles. The Morgan fingerprint density at radius 1 is 0.852 bits per heavy atom. The number of fused-ring (bicyclic) bond motifs is 2. The van der Waals surface area contributed by atoms with E-state index in [9.17, 15) is 9.90 Å². The number of aromatic nitrogens is 1. The van der Waals surface area contributed by atoms with Gasteiger partial charge in [-0.25, -0.2) is 4.99 Å². The van der Waals surface area contributed by atoms with Gasteiger partial charge in [-0.15, -0.1) is 0 Å². The maximum Gasteiger partial charge on any atom is 0.214 e. The second-order valence-electron chi connectivity index (χ2n) is 6.59. The second kappa shape index (κ2) is 5.95. The van der Waals surface area contributed by atoms with Crippen LogP contribution in [0.3, 0.4) is 0 Å². The number of carbonyl (C=O) groups excluding carboxylic acids is 1. The highest BCUT2D eigenvalue weighted by Crippen LogP contribution is 2.37. The zero-order valence-corrected chi connectivity index (χ0v) is 14.5. The van der Waals surface area contributed by atoms with E-state index in [1.165, 1.54) is 0 Å². The van der Waals surface area contributed by atoms with Crippen LogP contribution in [0.25, 0.3) is 10.9 Å². The summed E-state index contributed by atoms with van der Waals surface area (Å²) in [6, 6.07) is 24.9. The van der Waals surface area contributed by atoms with Gasteiger partial charge in [-0.3, -0.25) is 4.79 Å². The molecule has 0 saturated heterocycles. The van der Waals surface area contributed by atoms with Crippen LogP contribution in [0.1, 0.15) is 21.5 Å². The van der Waals surface area contributed by atoms with Crippen molar-refractivity contribution < 1.29 is 9.90 Å². The van der Waals surface area contributed by atoms with Gasteiger partial charge in [0.2, 0.25) is 11.7 Å². The van der Waals surface area contributed by atoms with Crippen molar-refractivity contribution in [1.29, 1.82) is 0 Å². The lowest BCUT2D eigenvalue weighted by molar-refractivity contribution is 0.107. The van der Waals surface area contributed by atoms with E-state index in [0.717, 1.165) is 16.5 Å². The Balaban J connectivity index is 1.71. The molecule has 0 fully saturated rings. The molecule has 0 aliphatic carbocycles. The minimum absolute atomic E-state index is 0.0694. The average molecular weight is 352 g/mol. The summed E-state index contributed by atoms with van der Waals surface area (Å²) in [5.74, 6) is -0.0801. The van der Waals surface area contributed by atoms with Crippen molar-refractivity contribution in [2.24, 2.45) is 4.99 Å². The van der Waals surface area contributed by atoms with E-state index < -0.39 is 0 Å². The quantitative estimate of drug-likeness (QED) is 0.580. The topological polar surface area (TPSA) is 54.6 Å². The Morgan fingerprint density at radius 2 is 1.56 bits per heavy atom. The van der Waals surface area contributed by atoms with E-state index in [1.54, 1.807) is 6.07 Å². The fraction of sp³-hybridized carbons (Fsp3) is 0.0435. The zero-order valence-electron chi connectivity index (χ0n) is 14.5. The Hall–Kier alpha value is -3.66. The Labute approximate surface area is 156 Å². The van der Waals surface area contributed by atoms with Crippen LogP contribution < -0.4 is 0 Å². The van der Waals surface area contributed by atoms with Gasteiger partial charge in [0.15, 0.2) is 0 Å². The highest BCUT2D eigenvalue weighted by molar-refractivity contribution is 6.56. The smallest absolute Gasteiger partial charge is 0.214 e. The van der Waals surface area contributed by atoms with E-state index in [4.69, 9.17) is 0 Å². The second-order valence-corrected chi connectivity index (χ2v) is 6.59. The zero-order chi connectivity index (χ0) is 18.4. The van der Waals surface area contributed by atoms with Crippen LogP contribution in [-0.2, 0) is 6.54 Å². The van der Waals surface area contributed by atoms with Crippen molar-refractivity contribution in [2.75, 3.05) is 0 Å². The van der Waals surface area contributed by atoms with Crippen LogP contribution in [0.15, 0.2) is 83.9 Å². The normalized spacial score (nSPS) is 13.0. The molecule has 3 aromatic carbocycles. The van der Waals surface area contributed by atoms with Crippen molar-refractivity contribution in [3.05, 3.63) is 95.6 Å². The third kappa shape index (κ3) is 2.38. The minimum atomic E-state index is -0.150. The summed E-state index contributed by atoms with van der Waals surface area (Å²) in [7, 11) is 0. The van der Waals surface area contributed by atoms with Gasteiger partial charge in [0.1, 0.15) is 5.71 Å². The number of para-hydroxylation sites is 2. The SMILES string of the molecule is O=C1C(c2c(O)n(Cc3ccccc3)c3ccccc23)=Nc2ccccc21. The molecule has 2 heterocycles. The Kier molecular flexibility index (Phi) is 3.44. The predicted octanol–water partition coefficient (Wildman–Crippen LogP) is 4.71. The Morgan fingerprint density at radius 3 is 2.37 bits per heavy atom. The van der Waals surface area contributed by atoms with Gasteiger partial charge in [0.25, 0.3) is 0 Å². The molecule has 4 heteroatoms. The molecule has 0 unspecified atom stereocenters. The minimum Gasteiger partial charge on any atom is -0.494 e. The number of hydrogen-bond acceptors (Lipinski definition) is 3. The average Bonchev–Trinajstić information content (AvgIpc) is 3.18. The highest BCUT2D eigenvalue weighted by atomic mass is 16.3. The van der Waals surface area contributed by atoms with Crippen LogP contribution >= 0.6 is 0 Å². The maximum absolute atomic E-state index is 12.9. The van der Waals surface area contributed by atoms with Crippen molar-refractivity contribution in [3.8, 4) is 5.88 Å². The van der Waals surface area contributed by atoms with Crippen molar-refractivity contribution >= 4 is 28.1 Å². The predicted molar refractivity (Wildman–Crippen MR) is 106 cm³/mol. The van der Waals surface area contributed by atoms with Crippen molar-refractivity contribution in [1.82, 2.24) is 4.57 Å². The lowest BCUT2D eigenvalue weighted by Gasteiger charge is -2.07. The van der Waals surface area contributed by atoms with Gasteiger partial charge in [-0.1, -0.05) is 60.7 Å². The fourth-order valence-electron chi connectivity index (χ4n) is 3.68. The molecule has 0 atom stereocenters. The molecule has 1 aromatic heterocycles. The summed E-state index contributed by atoms with van der Waals surface area (Å²) < 4.78 is 1.83. The van der Waals surface area contributed by atoms with Crippen LogP contribution in [0.4, 0.5) is 5.69 Å². The highest BCUT2D eigenvalue weighted by Gasteiger charge is 2.31.